The van der Waals surface area contributed by atoms with Crippen LogP contribution in [0.25, 0.3) is 0 Å². The first kappa shape index (κ1) is 10.5. The minimum absolute atomic E-state index is 0.431. The molecule has 1 fully saturated rings. The van der Waals surface area contributed by atoms with Gasteiger partial charge < -0.3 is 5.73 Å². The minimum atomic E-state index is 0.431. The zero-order chi connectivity index (χ0) is 10.7. The van der Waals surface area contributed by atoms with Crippen molar-refractivity contribution < 1.29 is 0 Å². The van der Waals surface area contributed by atoms with E-state index in [-0.39, 0.29) is 0 Å². The summed E-state index contributed by atoms with van der Waals surface area (Å²) in [6.07, 6.45) is 6.27. The van der Waals surface area contributed by atoms with Crippen molar-refractivity contribution in [3.8, 4) is 0 Å². The molecule has 0 saturated heterocycles. The largest absolute Gasteiger partial charge is 0.324 e. The highest BCUT2D eigenvalue weighted by Crippen LogP contribution is 2.33. The van der Waals surface area contributed by atoms with Crippen molar-refractivity contribution in [1.82, 2.24) is 20.2 Å². The first-order chi connectivity index (χ1) is 7.35. The van der Waals surface area contributed by atoms with Crippen LogP contribution >= 0.6 is 0 Å². The van der Waals surface area contributed by atoms with E-state index in [4.69, 9.17) is 5.73 Å². The zero-order valence-corrected chi connectivity index (χ0v) is 9.26. The van der Waals surface area contributed by atoms with Gasteiger partial charge in [0, 0.05) is 0 Å². The van der Waals surface area contributed by atoms with Crippen molar-refractivity contribution in [3.05, 3.63) is 5.82 Å². The van der Waals surface area contributed by atoms with Crippen molar-refractivity contribution in [2.75, 3.05) is 0 Å². The average Bonchev–Trinajstić information content (AvgIpc) is 2.77. The summed E-state index contributed by atoms with van der Waals surface area (Å²) in [6, 6.07) is 0.473. The van der Waals surface area contributed by atoms with E-state index in [1.54, 1.807) is 0 Å². The highest BCUT2D eigenvalue weighted by Gasteiger charge is 2.23. The number of hydrogen-bond donors (Lipinski definition) is 1. The van der Waals surface area contributed by atoms with Gasteiger partial charge in [-0.15, -0.1) is 5.10 Å². The Bertz CT molecular complexity index is 301. The van der Waals surface area contributed by atoms with Crippen LogP contribution in [0.4, 0.5) is 0 Å². The van der Waals surface area contributed by atoms with E-state index in [2.05, 4.69) is 22.4 Å². The Morgan fingerprint density at radius 2 is 2.07 bits per heavy atom. The third-order valence-corrected chi connectivity index (χ3v) is 3.48. The predicted octanol–water partition coefficient (Wildman–Crippen LogP) is 1.27. The van der Waals surface area contributed by atoms with E-state index in [1.165, 1.54) is 32.1 Å². The Balaban J connectivity index is 2.01. The van der Waals surface area contributed by atoms with E-state index in [1.807, 2.05) is 4.68 Å². The van der Waals surface area contributed by atoms with Gasteiger partial charge in [-0.05, 0) is 42.0 Å². The smallest absolute Gasteiger partial charge is 0.165 e. The highest BCUT2D eigenvalue weighted by molar-refractivity contribution is 4.85. The topological polar surface area (TPSA) is 69.6 Å². The molecule has 15 heavy (non-hydrogen) atoms. The number of rotatable bonds is 3. The molecule has 2 rings (SSSR count). The van der Waals surface area contributed by atoms with Gasteiger partial charge in [-0.2, -0.15) is 0 Å². The van der Waals surface area contributed by atoms with Crippen LogP contribution in [-0.4, -0.2) is 20.2 Å². The molecule has 5 heteroatoms. The van der Waals surface area contributed by atoms with Crippen molar-refractivity contribution in [3.63, 3.8) is 0 Å². The molecule has 1 aromatic rings. The van der Waals surface area contributed by atoms with Gasteiger partial charge in [0.1, 0.15) is 0 Å². The highest BCUT2D eigenvalue weighted by atomic mass is 15.6. The fourth-order valence-electron chi connectivity index (χ4n) is 2.43. The van der Waals surface area contributed by atoms with Crippen molar-refractivity contribution >= 4 is 0 Å². The SMILES string of the molecule is CCC1CCC(n2nnnc2CN)CC1. The van der Waals surface area contributed by atoms with Gasteiger partial charge in [-0.25, -0.2) is 4.68 Å². The number of nitrogens with zero attached hydrogens (tertiary/aromatic N) is 4. The van der Waals surface area contributed by atoms with Crippen molar-refractivity contribution in [2.24, 2.45) is 11.7 Å². The van der Waals surface area contributed by atoms with Gasteiger partial charge in [-0.1, -0.05) is 13.3 Å². The molecule has 1 aliphatic carbocycles. The maximum atomic E-state index is 5.59. The second-order valence-electron chi connectivity index (χ2n) is 4.33. The summed E-state index contributed by atoms with van der Waals surface area (Å²) >= 11 is 0. The molecule has 1 saturated carbocycles. The van der Waals surface area contributed by atoms with E-state index >= 15 is 0 Å². The molecule has 1 aliphatic rings. The Morgan fingerprint density at radius 3 is 2.67 bits per heavy atom. The van der Waals surface area contributed by atoms with Crippen LogP contribution < -0.4 is 5.73 Å². The van der Waals surface area contributed by atoms with Crippen LogP contribution in [0.3, 0.4) is 0 Å². The monoisotopic (exact) mass is 209 g/mol. The van der Waals surface area contributed by atoms with E-state index in [0.29, 0.717) is 12.6 Å². The molecule has 0 spiro atoms. The summed E-state index contributed by atoms with van der Waals surface area (Å²) in [6.45, 7) is 2.70. The Morgan fingerprint density at radius 1 is 1.33 bits per heavy atom. The maximum Gasteiger partial charge on any atom is 0.165 e. The van der Waals surface area contributed by atoms with Crippen molar-refractivity contribution in [2.45, 2.75) is 51.6 Å². The second kappa shape index (κ2) is 4.70. The quantitative estimate of drug-likeness (QED) is 0.814. The molecule has 0 aliphatic heterocycles. The Labute approximate surface area is 90.0 Å². The normalized spacial score (nSPS) is 26.8. The van der Waals surface area contributed by atoms with E-state index in [0.717, 1.165) is 11.7 Å². The van der Waals surface area contributed by atoms with Gasteiger partial charge in [0.25, 0.3) is 0 Å². The Hall–Kier alpha value is -0.970. The van der Waals surface area contributed by atoms with Gasteiger partial charge >= 0.3 is 0 Å². The first-order valence-electron chi connectivity index (χ1n) is 5.82. The van der Waals surface area contributed by atoms with Gasteiger partial charge in [0.15, 0.2) is 5.82 Å². The molecule has 5 nitrogen and oxygen atoms in total. The standard InChI is InChI=1S/C10H19N5/c1-2-8-3-5-9(6-4-8)15-10(7-11)12-13-14-15/h8-9H,2-7,11H2,1H3. The molecule has 0 bridgehead atoms. The maximum absolute atomic E-state index is 5.59. The van der Waals surface area contributed by atoms with Crippen LogP contribution in [0.5, 0.6) is 0 Å². The summed E-state index contributed by atoms with van der Waals surface area (Å²) in [5, 5.41) is 11.7. The van der Waals surface area contributed by atoms with Gasteiger partial charge in [0.2, 0.25) is 0 Å². The second-order valence-corrected chi connectivity index (χ2v) is 4.33. The fraction of sp³-hybridized carbons (Fsp3) is 0.900. The molecule has 0 unspecified atom stereocenters. The first-order valence-corrected chi connectivity index (χ1v) is 5.82. The molecule has 0 atom stereocenters. The average molecular weight is 209 g/mol. The molecule has 0 aromatic carbocycles. The molecule has 2 N–H and O–H groups in total. The van der Waals surface area contributed by atoms with E-state index < -0.39 is 0 Å². The zero-order valence-electron chi connectivity index (χ0n) is 9.26. The lowest BCUT2D eigenvalue weighted by Gasteiger charge is -2.27. The predicted molar refractivity (Wildman–Crippen MR) is 57.0 cm³/mol. The number of aromatic nitrogens is 4. The van der Waals surface area contributed by atoms with Crippen LogP contribution in [0.2, 0.25) is 0 Å². The number of nitrogens with two attached hydrogens (primary N) is 1. The van der Waals surface area contributed by atoms with Crippen LogP contribution in [0.15, 0.2) is 0 Å². The van der Waals surface area contributed by atoms with E-state index in [9.17, 15) is 0 Å². The van der Waals surface area contributed by atoms with Gasteiger partial charge in [-0.3, -0.25) is 0 Å². The van der Waals surface area contributed by atoms with Crippen LogP contribution in [0, 0.1) is 5.92 Å². The molecule has 1 heterocycles. The number of hydrogen-bond acceptors (Lipinski definition) is 4. The number of tetrazole rings is 1. The lowest BCUT2D eigenvalue weighted by atomic mass is 9.84. The minimum Gasteiger partial charge on any atom is -0.324 e. The third kappa shape index (κ3) is 2.17. The summed E-state index contributed by atoms with van der Waals surface area (Å²) in [5.74, 6) is 1.72. The fourth-order valence-corrected chi connectivity index (χ4v) is 2.43. The van der Waals surface area contributed by atoms with Crippen LogP contribution in [-0.2, 0) is 6.54 Å². The molecule has 0 amide bonds. The molecule has 0 radical (unpaired) electrons. The summed E-state index contributed by atoms with van der Waals surface area (Å²) in [7, 11) is 0. The summed E-state index contributed by atoms with van der Waals surface area (Å²) in [5.41, 5.74) is 5.59. The summed E-state index contributed by atoms with van der Waals surface area (Å²) in [4.78, 5) is 0. The van der Waals surface area contributed by atoms with Crippen LogP contribution in [0.1, 0.15) is 50.9 Å². The molecular formula is C10H19N5. The molecule has 1 aromatic heterocycles. The molecule has 84 valence electrons. The summed E-state index contributed by atoms with van der Waals surface area (Å²) < 4.78 is 1.92. The lowest BCUT2D eigenvalue weighted by Crippen LogP contribution is -2.21. The Kier molecular flexibility index (Phi) is 3.30. The third-order valence-electron chi connectivity index (χ3n) is 3.48. The lowest BCUT2D eigenvalue weighted by molar-refractivity contribution is 0.249. The van der Waals surface area contributed by atoms with Crippen molar-refractivity contribution in [1.29, 1.82) is 0 Å². The van der Waals surface area contributed by atoms with Gasteiger partial charge in [0.05, 0.1) is 12.6 Å². The molecular weight excluding hydrogens is 190 g/mol.